The van der Waals surface area contributed by atoms with Crippen LogP contribution in [-0.4, -0.2) is 6.19 Å². The maximum atomic E-state index is 2.55. The Bertz CT molecular complexity index is 937. The molecule has 1 atom stereocenters. The van der Waals surface area contributed by atoms with E-state index >= 15 is 0 Å². The van der Waals surface area contributed by atoms with Crippen LogP contribution in [0.5, 0.6) is 0 Å². The Morgan fingerprint density at radius 2 is 1.65 bits per heavy atom. The Hall–Kier alpha value is -0.569. The fraction of sp³-hybridized carbons (Fsp3) is 0.273. The maximum absolute atomic E-state index is 2.55. The number of rotatable bonds is 2. The summed E-state index contributed by atoms with van der Waals surface area (Å²) in [5, 5.41) is 0. The van der Waals surface area contributed by atoms with Crippen molar-refractivity contribution in [2.75, 3.05) is 0 Å². The average molecular weight is 435 g/mol. The van der Waals surface area contributed by atoms with Gasteiger partial charge in [-0.25, -0.2) is 0 Å². The molecule has 2 aromatic carbocycles. The van der Waals surface area contributed by atoms with E-state index in [1.54, 1.807) is 15.0 Å². The minimum absolute atomic E-state index is 0. The quantitative estimate of drug-likeness (QED) is 0.465. The van der Waals surface area contributed by atoms with Crippen molar-refractivity contribution >= 4 is 10.1 Å². The van der Waals surface area contributed by atoms with Crippen LogP contribution in [0.3, 0.4) is 0 Å². The van der Waals surface area contributed by atoms with E-state index in [9.17, 15) is 0 Å². The molecule has 4 heteroatoms. The van der Waals surface area contributed by atoms with Gasteiger partial charge in [0, 0.05) is 0 Å². The topological polar surface area (TPSA) is 0 Å². The first-order valence-electron chi connectivity index (χ1n) is 8.85. The number of benzene rings is 2. The summed E-state index contributed by atoms with van der Waals surface area (Å²) in [5.41, 5.74) is 7.71. The van der Waals surface area contributed by atoms with Gasteiger partial charge in [-0.2, -0.15) is 0 Å². The molecular formula is C22H24Cl2SiTi. The second-order valence-corrected chi connectivity index (χ2v) is 18.9. The van der Waals surface area contributed by atoms with Crippen LogP contribution < -0.4 is 28.7 Å². The van der Waals surface area contributed by atoms with E-state index in [0.29, 0.717) is 5.92 Å². The van der Waals surface area contributed by atoms with Crippen LogP contribution in [0.15, 0.2) is 64.1 Å². The summed E-state index contributed by atoms with van der Waals surface area (Å²) in [4.78, 5) is 0. The predicted molar refractivity (Wildman–Crippen MR) is 103 cm³/mol. The van der Waals surface area contributed by atoms with E-state index < -0.39 is 16.6 Å². The van der Waals surface area contributed by atoms with E-state index in [-0.39, 0.29) is 31.0 Å². The Morgan fingerprint density at radius 3 is 2.31 bits per heavy atom. The van der Waals surface area contributed by atoms with Gasteiger partial charge >= 0.3 is 152 Å². The van der Waals surface area contributed by atoms with Crippen molar-refractivity contribution < 1.29 is 41.4 Å². The number of allylic oxidation sites excluding steroid dienone is 4. The summed E-state index contributed by atoms with van der Waals surface area (Å²) < 4.78 is 3.59. The summed E-state index contributed by atoms with van der Waals surface area (Å²) in [6.45, 7) is 9.84. The van der Waals surface area contributed by atoms with Gasteiger partial charge < -0.3 is 24.8 Å². The monoisotopic (exact) mass is 434 g/mol. The zero-order valence-electron chi connectivity index (χ0n) is 15.7. The summed E-state index contributed by atoms with van der Waals surface area (Å²) >= 11 is -1.43. The maximum Gasteiger partial charge on any atom is -1.00 e. The molecular weight excluding hydrogens is 411 g/mol. The third kappa shape index (κ3) is 3.57. The Kier molecular flexibility index (Phi) is 7.21. The molecule has 0 aliphatic heterocycles. The van der Waals surface area contributed by atoms with Crippen molar-refractivity contribution in [1.82, 2.24) is 0 Å². The molecule has 0 fully saturated rings. The molecule has 0 nitrogen and oxygen atoms in total. The molecule has 2 aliphatic carbocycles. The molecule has 1 unspecified atom stereocenters. The molecule has 134 valence electrons. The van der Waals surface area contributed by atoms with Gasteiger partial charge in [0.1, 0.15) is 0 Å². The smallest absolute Gasteiger partial charge is 1.00 e. The number of hydrogen-bond donors (Lipinski definition) is 0. The van der Waals surface area contributed by atoms with Crippen molar-refractivity contribution in [1.29, 1.82) is 0 Å². The minimum atomic E-state index is -1.43. The third-order valence-corrected chi connectivity index (χ3v) is 17.1. The fourth-order valence-electron chi connectivity index (χ4n) is 4.33. The van der Waals surface area contributed by atoms with Gasteiger partial charge in [0.25, 0.3) is 0 Å². The van der Waals surface area contributed by atoms with E-state index in [1.165, 1.54) is 16.7 Å². The zero-order valence-corrected chi connectivity index (χ0v) is 19.8. The Labute approximate surface area is 176 Å². The average Bonchev–Trinajstić information content (AvgIpc) is 3.10. The molecule has 0 spiro atoms. The van der Waals surface area contributed by atoms with E-state index in [2.05, 4.69) is 81.6 Å². The van der Waals surface area contributed by atoms with Crippen LogP contribution in [-0.2, 0) is 23.0 Å². The summed E-state index contributed by atoms with van der Waals surface area (Å²) in [6.07, 6.45) is 5.62. The van der Waals surface area contributed by atoms with Crippen LogP contribution in [0.2, 0.25) is 13.1 Å². The van der Waals surface area contributed by atoms with Gasteiger partial charge in [-0.05, 0) is 0 Å². The van der Waals surface area contributed by atoms with Gasteiger partial charge in [-0.1, -0.05) is 0 Å². The summed E-state index contributed by atoms with van der Waals surface area (Å²) in [5.74, 6) is 0.652. The van der Waals surface area contributed by atoms with Crippen LogP contribution in [0, 0.1) is 5.92 Å². The molecule has 2 aliphatic rings. The largest absolute Gasteiger partial charge is 1.00 e. The van der Waals surface area contributed by atoms with Gasteiger partial charge in [-0.3, -0.25) is 0 Å². The molecule has 4 rings (SSSR count). The fourth-order valence-corrected chi connectivity index (χ4v) is 16.5. The van der Waals surface area contributed by atoms with Gasteiger partial charge in [0.2, 0.25) is 0 Å². The first-order valence-corrected chi connectivity index (χ1v) is 15.3. The van der Waals surface area contributed by atoms with Gasteiger partial charge in [-0.15, -0.1) is 0 Å². The molecule has 26 heavy (non-hydrogen) atoms. The number of halogens is 2. The van der Waals surface area contributed by atoms with Crippen molar-refractivity contribution in [2.45, 2.75) is 33.4 Å². The molecule has 2 aromatic rings. The van der Waals surface area contributed by atoms with Crippen LogP contribution in [0.1, 0.15) is 25.0 Å². The van der Waals surface area contributed by atoms with Crippen LogP contribution >= 0.6 is 0 Å². The second kappa shape index (κ2) is 8.63. The third-order valence-electron chi connectivity index (χ3n) is 5.40. The Balaban J connectivity index is 0.00000121. The van der Waals surface area contributed by atoms with Crippen LogP contribution in [0.4, 0.5) is 0 Å². The minimum Gasteiger partial charge on any atom is -1.00 e. The number of fused-ring (bicyclic) bond motifs is 3. The van der Waals surface area contributed by atoms with Crippen molar-refractivity contribution in [2.24, 2.45) is 5.92 Å². The molecule has 0 radical (unpaired) electrons. The van der Waals surface area contributed by atoms with E-state index in [0.717, 1.165) is 6.42 Å². The van der Waals surface area contributed by atoms with Crippen molar-refractivity contribution in [3.05, 3.63) is 75.2 Å². The van der Waals surface area contributed by atoms with E-state index in [1.807, 2.05) is 3.88 Å². The van der Waals surface area contributed by atoms with Crippen molar-refractivity contribution in [3.63, 3.8) is 0 Å². The predicted octanol–water partition coefficient (Wildman–Crippen LogP) is -0.760. The van der Waals surface area contributed by atoms with Gasteiger partial charge in [0.15, 0.2) is 0 Å². The molecule has 0 saturated heterocycles. The zero-order chi connectivity index (χ0) is 16.8. The van der Waals surface area contributed by atoms with Crippen molar-refractivity contribution in [3.8, 4) is 11.1 Å². The Morgan fingerprint density at radius 1 is 0.962 bits per heavy atom. The molecule has 0 saturated carbocycles. The second-order valence-electron chi connectivity index (χ2n) is 7.29. The molecule has 0 heterocycles. The summed E-state index contributed by atoms with van der Waals surface area (Å²) in [6, 6.07) is 16.1. The molecule has 0 N–H and O–H groups in total. The standard InChI is InChI=1S/C13H9.C7H9.C2H6Si.2ClH.Ti/c1-3-7-12-10(5-1)9-11-6-2-4-8-13(11)12;1-6-3-4-7(2)5-6;1-3-2;;;/h1-5,7-8H,9H2;3-4,6H,1-2H3;1-2H3;2*1H;/q;;;;;+2/p-2. The first kappa shape index (κ1) is 21.7. The number of hydrogen-bond acceptors (Lipinski definition) is 0. The SMILES string of the molecule is CC1=[C]([Ti+2]([c]2cccc3c2Cc2ccccc2-3)=[Si](C)C)C(C)C=C1.[Cl-].[Cl-]. The van der Waals surface area contributed by atoms with Crippen LogP contribution in [0.25, 0.3) is 11.1 Å². The van der Waals surface area contributed by atoms with Gasteiger partial charge in [0.05, 0.1) is 0 Å². The molecule has 0 bridgehead atoms. The molecule has 0 amide bonds. The first-order chi connectivity index (χ1) is 11.6. The normalized spacial score (nSPS) is 16.2. The van der Waals surface area contributed by atoms with E-state index in [4.69, 9.17) is 0 Å². The molecule has 0 aromatic heterocycles. The summed E-state index contributed by atoms with van der Waals surface area (Å²) in [7, 11) is 0.